The van der Waals surface area contributed by atoms with Gasteiger partial charge in [-0.2, -0.15) is 13.2 Å². The van der Waals surface area contributed by atoms with E-state index >= 15 is 0 Å². The highest BCUT2D eigenvalue weighted by atomic mass is 32.2. The van der Waals surface area contributed by atoms with Crippen LogP contribution in [0.4, 0.5) is 13.2 Å². The molecule has 2 nitrogen and oxygen atoms in total. The number of hydrogen-bond acceptors (Lipinski definition) is 3. The third-order valence-corrected chi connectivity index (χ3v) is 2.92. The summed E-state index contributed by atoms with van der Waals surface area (Å²) in [6.07, 6.45) is -3.22. The van der Waals surface area contributed by atoms with Crippen molar-refractivity contribution in [2.75, 3.05) is 13.1 Å². The van der Waals surface area contributed by atoms with E-state index < -0.39 is 12.7 Å². The summed E-state index contributed by atoms with van der Waals surface area (Å²) in [4.78, 5) is 3.96. The molecular weight excluding hydrogens is 201 g/mol. The zero-order valence-electron chi connectivity index (χ0n) is 7.19. The topological polar surface area (TPSA) is 24.4 Å². The van der Waals surface area contributed by atoms with Gasteiger partial charge in [0.15, 0.2) is 5.17 Å². The molecule has 0 amide bonds. The van der Waals surface area contributed by atoms with E-state index in [2.05, 4.69) is 10.3 Å². The predicted molar refractivity (Wildman–Crippen MR) is 48.0 cm³/mol. The maximum atomic E-state index is 11.8. The number of rotatable bonds is 2. The molecule has 76 valence electrons. The van der Waals surface area contributed by atoms with Gasteiger partial charge in [-0.3, -0.25) is 4.99 Å². The van der Waals surface area contributed by atoms with Crippen LogP contribution in [-0.4, -0.2) is 29.7 Å². The highest BCUT2D eigenvalue weighted by Crippen LogP contribution is 2.22. The minimum atomic E-state index is -4.16. The number of aliphatic imine (C=N–C) groups is 1. The van der Waals surface area contributed by atoms with E-state index in [1.165, 1.54) is 11.8 Å². The van der Waals surface area contributed by atoms with Crippen LogP contribution in [0, 0.1) is 0 Å². The zero-order valence-corrected chi connectivity index (χ0v) is 8.00. The molecule has 13 heavy (non-hydrogen) atoms. The Labute approximate surface area is 79.0 Å². The van der Waals surface area contributed by atoms with Crippen LogP contribution in [0.25, 0.3) is 0 Å². The third-order valence-electron chi connectivity index (χ3n) is 1.61. The van der Waals surface area contributed by atoms with Gasteiger partial charge in [-0.25, -0.2) is 0 Å². The van der Waals surface area contributed by atoms with E-state index in [-0.39, 0.29) is 0 Å². The molecule has 0 fully saturated rings. The van der Waals surface area contributed by atoms with Crippen molar-refractivity contribution in [2.45, 2.75) is 24.8 Å². The zero-order chi connectivity index (χ0) is 9.90. The molecule has 1 atom stereocenters. The second-order valence-electron chi connectivity index (χ2n) is 2.76. The Morgan fingerprint density at radius 2 is 2.31 bits per heavy atom. The number of nitrogens with one attached hydrogen (secondary N) is 1. The van der Waals surface area contributed by atoms with Gasteiger partial charge in [0.2, 0.25) is 0 Å². The Bertz CT molecular complexity index is 202. The largest absolute Gasteiger partial charge is 0.405 e. The Morgan fingerprint density at radius 1 is 1.62 bits per heavy atom. The molecule has 0 bridgehead atoms. The lowest BCUT2D eigenvalue weighted by molar-refractivity contribution is -0.121. The van der Waals surface area contributed by atoms with Crippen LogP contribution in [0.1, 0.15) is 13.3 Å². The smallest absolute Gasteiger partial charge is 0.356 e. The van der Waals surface area contributed by atoms with Crippen molar-refractivity contribution in [2.24, 2.45) is 4.99 Å². The number of hydrogen-bond donors (Lipinski definition) is 1. The van der Waals surface area contributed by atoms with Gasteiger partial charge >= 0.3 is 6.18 Å². The minimum absolute atomic E-state index is 0.343. The molecule has 1 unspecified atom stereocenters. The molecule has 1 aliphatic heterocycles. The van der Waals surface area contributed by atoms with Crippen LogP contribution in [0.5, 0.6) is 0 Å². The van der Waals surface area contributed by atoms with Crippen LogP contribution in [0.2, 0.25) is 0 Å². The summed E-state index contributed by atoms with van der Waals surface area (Å²) in [5, 5.41) is 3.04. The van der Waals surface area contributed by atoms with Gasteiger partial charge in [0, 0.05) is 5.25 Å². The molecule has 0 saturated heterocycles. The maximum absolute atomic E-state index is 11.8. The fraction of sp³-hybridized carbons (Fsp3) is 0.857. The van der Waals surface area contributed by atoms with Gasteiger partial charge in [-0.1, -0.05) is 18.7 Å². The van der Waals surface area contributed by atoms with Crippen molar-refractivity contribution in [3.63, 3.8) is 0 Å². The molecule has 1 aliphatic rings. The summed E-state index contributed by atoms with van der Waals surface area (Å²) in [6, 6.07) is 0. The summed E-state index contributed by atoms with van der Waals surface area (Å²) in [5.74, 6) is 0. The fourth-order valence-corrected chi connectivity index (χ4v) is 1.84. The Morgan fingerprint density at radius 3 is 2.77 bits per heavy atom. The lowest BCUT2D eigenvalue weighted by Gasteiger charge is -2.09. The quantitative estimate of drug-likeness (QED) is 0.757. The Hall–Kier alpha value is -0.390. The highest BCUT2D eigenvalue weighted by molar-refractivity contribution is 8.14. The van der Waals surface area contributed by atoms with Gasteiger partial charge in [0.25, 0.3) is 0 Å². The van der Waals surface area contributed by atoms with Crippen LogP contribution in [0.15, 0.2) is 4.99 Å². The van der Waals surface area contributed by atoms with Gasteiger partial charge in [-0.05, 0) is 6.42 Å². The molecule has 0 aliphatic carbocycles. The van der Waals surface area contributed by atoms with E-state index in [0.29, 0.717) is 17.0 Å². The normalized spacial score (nSPS) is 23.1. The number of thioether (sulfide) groups is 1. The van der Waals surface area contributed by atoms with Crippen molar-refractivity contribution >= 4 is 16.9 Å². The second kappa shape index (κ2) is 4.21. The highest BCUT2D eigenvalue weighted by Gasteiger charge is 2.28. The van der Waals surface area contributed by atoms with E-state index in [4.69, 9.17) is 0 Å². The lowest BCUT2D eigenvalue weighted by Crippen LogP contribution is -2.31. The molecule has 0 spiro atoms. The molecule has 0 radical (unpaired) electrons. The van der Waals surface area contributed by atoms with Crippen molar-refractivity contribution in [1.29, 1.82) is 0 Å². The van der Waals surface area contributed by atoms with E-state index in [9.17, 15) is 13.2 Å². The average Bonchev–Trinajstić information content (AvgIpc) is 2.47. The Kier molecular flexibility index (Phi) is 3.47. The summed E-state index contributed by atoms with van der Waals surface area (Å²) in [6.45, 7) is 1.64. The first kappa shape index (κ1) is 10.7. The first-order chi connectivity index (χ1) is 6.01. The molecule has 1 N–H and O–H groups in total. The monoisotopic (exact) mass is 212 g/mol. The molecule has 0 saturated carbocycles. The first-order valence-electron chi connectivity index (χ1n) is 4.03. The average molecular weight is 212 g/mol. The molecule has 1 rings (SSSR count). The fourth-order valence-electron chi connectivity index (χ4n) is 0.903. The maximum Gasteiger partial charge on any atom is 0.405 e. The number of nitrogens with zero attached hydrogens (tertiary/aromatic N) is 1. The van der Waals surface area contributed by atoms with Gasteiger partial charge in [0.05, 0.1) is 6.54 Å². The summed E-state index contributed by atoms with van der Waals surface area (Å²) in [5.41, 5.74) is 0. The molecular formula is C7H11F3N2S. The molecule has 0 aromatic rings. The van der Waals surface area contributed by atoms with Crippen LogP contribution < -0.4 is 5.32 Å². The number of halogens is 3. The number of alkyl halides is 3. The van der Waals surface area contributed by atoms with Gasteiger partial charge in [0.1, 0.15) is 6.54 Å². The SMILES string of the molecule is CCC1CN=C(NCC(F)(F)F)S1. The second-order valence-corrected chi connectivity index (χ2v) is 4.05. The first-order valence-corrected chi connectivity index (χ1v) is 4.91. The van der Waals surface area contributed by atoms with Crippen molar-refractivity contribution in [3.05, 3.63) is 0 Å². The van der Waals surface area contributed by atoms with E-state index in [1.807, 2.05) is 6.92 Å². The van der Waals surface area contributed by atoms with Crippen LogP contribution in [0.3, 0.4) is 0 Å². The summed E-state index contributed by atoms with van der Waals surface area (Å²) < 4.78 is 35.3. The van der Waals surface area contributed by atoms with Crippen molar-refractivity contribution in [1.82, 2.24) is 5.32 Å². The summed E-state index contributed by atoms with van der Waals surface area (Å²) in [7, 11) is 0. The molecule has 0 aromatic heterocycles. The third kappa shape index (κ3) is 3.89. The molecule has 6 heteroatoms. The Balaban J connectivity index is 2.25. The van der Waals surface area contributed by atoms with E-state index in [1.54, 1.807) is 0 Å². The van der Waals surface area contributed by atoms with Crippen LogP contribution in [-0.2, 0) is 0 Å². The molecule has 1 heterocycles. The van der Waals surface area contributed by atoms with Gasteiger partial charge in [-0.15, -0.1) is 0 Å². The number of amidine groups is 1. The van der Waals surface area contributed by atoms with Gasteiger partial charge < -0.3 is 5.32 Å². The van der Waals surface area contributed by atoms with Crippen molar-refractivity contribution in [3.8, 4) is 0 Å². The molecule has 0 aromatic carbocycles. The predicted octanol–water partition coefficient (Wildman–Crippen LogP) is 2.02. The minimum Gasteiger partial charge on any atom is -0.356 e. The van der Waals surface area contributed by atoms with E-state index in [0.717, 1.165) is 6.42 Å². The van der Waals surface area contributed by atoms with Crippen molar-refractivity contribution < 1.29 is 13.2 Å². The standard InChI is InChI=1S/C7H11F3N2S/c1-2-5-3-11-6(13-5)12-4-7(8,9)10/h5H,2-4H2,1H3,(H,11,12). The van der Waals surface area contributed by atoms with Crippen LogP contribution >= 0.6 is 11.8 Å². The lowest BCUT2D eigenvalue weighted by atomic mass is 10.3. The summed E-state index contributed by atoms with van der Waals surface area (Å²) >= 11 is 1.39.